The topological polar surface area (TPSA) is 55.8 Å². The lowest BCUT2D eigenvalue weighted by atomic mass is 9.87. The Balaban J connectivity index is 1.78. The van der Waals surface area contributed by atoms with Crippen LogP contribution in [0.2, 0.25) is 0 Å². The van der Waals surface area contributed by atoms with Crippen molar-refractivity contribution in [2.45, 2.75) is 57.3 Å². The summed E-state index contributed by atoms with van der Waals surface area (Å²) in [5.41, 5.74) is 0. The molecule has 4 heteroatoms. The van der Waals surface area contributed by atoms with E-state index in [0.29, 0.717) is 6.42 Å². The summed E-state index contributed by atoms with van der Waals surface area (Å²) in [7, 11) is 0. The summed E-state index contributed by atoms with van der Waals surface area (Å²) in [6.07, 6.45) is 6.58. The van der Waals surface area contributed by atoms with Crippen molar-refractivity contribution in [2.75, 3.05) is 6.61 Å². The van der Waals surface area contributed by atoms with Crippen LogP contribution in [0.1, 0.15) is 44.9 Å². The van der Waals surface area contributed by atoms with E-state index < -0.39 is 5.97 Å². The number of carboxylic acids is 1. The number of rotatable bonds is 3. The first-order valence-electron chi connectivity index (χ1n) is 6.25. The highest BCUT2D eigenvalue weighted by atomic mass is 16.7. The van der Waals surface area contributed by atoms with Crippen molar-refractivity contribution in [3.05, 3.63) is 0 Å². The Bertz CT molecular complexity index is 235. The normalized spacial score (nSPS) is 35.9. The Morgan fingerprint density at radius 1 is 1.19 bits per heavy atom. The van der Waals surface area contributed by atoms with Crippen molar-refractivity contribution in [2.24, 2.45) is 5.92 Å². The number of aliphatic carboxylic acids is 1. The van der Waals surface area contributed by atoms with Gasteiger partial charge in [-0.1, -0.05) is 6.42 Å². The van der Waals surface area contributed by atoms with Gasteiger partial charge in [-0.3, -0.25) is 4.79 Å². The molecule has 0 amide bonds. The lowest BCUT2D eigenvalue weighted by Gasteiger charge is -2.31. The summed E-state index contributed by atoms with van der Waals surface area (Å²) in [5.74, 6) is -0.903. The molecule has 0 aromatic rings. The zero-order valence-corrected chi connectivity index (χ0v) is 9.56. The van der Waals surface area contributed by atoms with Gasteiger partial charge >= 0.3 is 5.97 Å². The lowest BCUT2D eigenvalue weighted by Crippen LogP contribution is -2.33. The van der Waals surface area contributed by atoms with E-state index in [-0.39, 0.29) is 18.3 Å². The van der Waals surface area contributed by atoms with Crippen molar-refractivity contribution in [1.82, 2.24) is 0 Å². The molecule has 3 atom stereocenters. The molecule has 2 fully saturated rings. The molecule has 1 N–H and O–H groups in total. The van der Waals surface area contributed by atoms with Crippen molar-refractivity contribution >= 4 is 5.97 Å². The van der Waals surface area contributed by atoms with Gasteiger partial charge in [-0.2, -0.15) is 0 Å². The summed E-state index contributed by atoms with van der Waals surface area (Å²) in [5, 5.41) is 8.98. The summed E-state index contributed by atoms with van der Waals surface area (Å²) >= 11 is 0. The average molecular weight is 228 g/mol. The van der Waals surface area contributed by atoms with Gasteiger partial charge in [-0.05, 0) is 38.5 Å². The van der Waals surface area contributed by atoms with Crippen LogP contribution in [0.5, 0.6) is 0 Å². The summed E-state index contributed by atoms with van der Waals surface area (Å²) < 4.78 is 11.3. The van der Waals surface area contributed by atoms with Crippen LogP contribution in [0, 0.1) is 5.92 Å². The maximum atomic E-state index is 10.9. The molecule has 16 heavy (non-hydrogen) atoms. The molecule has 1 saturated heterocycles. The van der Waals surface area contributed by atoms with Crippen LogP contribution in [-0.2, 0) is 14.3 Å². The van der Waals surface area contributed by atoms with Crippen LogP contribution in [0.25, 0.3) is 0 Å². The van der Waals surface area contributed by atoms with E-state index in [1.54, 1.807) is 0 Å². The second kappa shape index (κ2) is 5.64. The van der Waals surface area contributed by atoms with Crippen LogP contribution in [0.15, 0.2) is 0 Å². The van der Waals surface area contributed by atoms with Crippen molar-refractivity contribution in [3.8, 4) is 0 Å². The third-order valence-corrected chi connectivity index (χ3v) is 3.46. The second-order valence-electron chi connectivity index (χ2n) is 4.76. The first-order valence-corrected chi connectivity index (χ1v) is 6.25. The fourth-order valence-electron chi connectivity index (χ4n) is 2.53. The smallest absolute Gasteiger partial charge is 0.306 e. The quantitative estimate of drug-likeness (QED) is 0.804. The van der Waals surface area contributed by atoms with Crippen LogP contribution < -0.4 is 0 Å². The second-order valence-corrected chi connectivity index (χ2v) is 4.76. The third-order valence-electron chi connectivity index (χ3n) is 3.46. The minimum atomic E-state index is -0.683. The Morgan fingerprint density at radius 3 is 2.75 bits per heavy atom. The molecule has 0 spiro atoms. The van der Waals surface area contributed by atoms with Crippen molar-refractivity contribution in [1.29, 1.82) is 0 Å². The van der Waals surface area contributed by atoms with Gasteiger partial charge in [-0.15, -0.1) is 0 Å². The van der Waals surface area contributed by atoms with Crippen LogP contribution in [-0.4, -0.2) is 30.1 Å². The molecule has 1 heterocycles. The van der Waals surface area contributed by atoms with E-state index in [2.05, 4.69) is 0 Å². The van der Waals surface area contributed by atoms with E-state index in [4.69, 9.17) is 14.6 Å². The Labute approximate surface area is 95.9 Å². The molecule has 1 aliphatic heterocycles. The minimum Gasteiger partial charge on any atom is -0.481 e. The average Bonchev–Trinajstić information content (AvgIpc) is 2.30. The van der Waals surface area contributed by atoms with Gasteiger partial charge in [0.25, 0.3) is 0 Å². The van der Waals surface area contributed by atoms with Gasteiger partial charge in [0.2, 0.25) is 0 Å². The minimum absolute atomic E-state index is 0.0814. The fraction of sp³-hybridized carbons (Fsp3) is 0.917. The number of ether oxygens (including phenoxy) is 2. The predicted octanol–water partition coefficient (Wildman–Crippen LogP) is 2.17. The van der Waals surface area contributed by atoms with Gasteiger partial charge in [-0.25, -0.2) is 0 Å². The van der Waals surface area contributed by atoms with Crippen LogP contribution >= 0.6 is 0 Å². The van der Waals surface area contributed by atoms with Crippen LogP contribution in [0.4, 0.5) is 0 Å². The third kappa shape index (κ3) is 3.19. The van der Waals surface area contributed by atoms with E-state index in [9.17, 15) is 4.79 Å². The molecule has 92 valence electrons. The molecule has 2 aliphatic rings. The van der Waals surface area contributed by atoms with Gasteiger partial charge in [0.05, 0.1) is 12.0 Å². The molecule has 0 bridgehead atoms. The van der Waals surface area contributed by atoms with E-state index >= 15 is 0 Å². The zero-order chi connectivity index (χ0) is 11.4. The molecule has 1 unspecified atom stereocenters. The maximum absolute atomic E-state index is 10.9. The molecule has 4 nitrogen and oxygen atoms in total. The molecular formula is C12H20O4. The van der Waals surface area contributed by atoms with E-state index in [1.807, 2.05) is 0 Å². The van der Waals surface area contributed by atoms with E-state index in [0.717, 1.165) is 45.1 Å². The SMILES string of the molecule is O=C(O)[C@@H]1CCC[C@H](OC2CCCCO2)C1. The van der Waals surface area contributed by atoms with E-state index in [1.165, 1.54) is 0 Å². The highest BCUT2D eigenvalue weighted by molar-refractivity contribution is 5.70. The van der Waals surface area contributed by atoms with Crippen LogP contribution in [0.3, 0.4) is 0 Å². The Kier molecular flexibility index (Phi) is 4.18. The molecule has 0 aromatic carbocycles. The lowest BCUT2D eigenvalue weighted by molar-refractivity contribution is -0.197. The summed E-state index contributed by atoms with van der Waals surface area (Å²) in [6.45, 7) is 0.778. The van der Waals surface area contributed by atoms with Crippen molar-refractivity contribution in [3.63, 3.8) is 0 Å². The molecular weight excluding hydrogens is 208 g/mol. The number of hydrogen-bond acceptors (Lipinski definition) is 3. The largest absolute Gasteiger partial charge is 0.481 e. The summed E-state index contributed by atoms with van der Waals surface area (Å²) in [4.78, 5) is 10.9. The first-order chi connectivity index (χ1) is 7.75. The number of carboxylic acid groups (broad SMARTS) is 1. The number of carbonyl (C=O) groups is 1. The van der Waals surface area contributed by atoms with Gasteiger partial charge < -0.3 is 14.6 Å². The molecule has 1 aliphatic carbocycles. The highest BCUT2D eigenvalue weighted by Crippen LogP contribution is 2.28. The Hall–Kier alpha value is -0.610. The fourth-order valence-corrected chi connectivity index (χ4v) is 2.53. The Morgan fingerprint density at radius 2 is 2.06 bits per heavy atom. The van der Waals surface area contributed by atoms with Gasteiger partial charge in [0.15, 0.2) is 6.29 Å². The summed E-state index contributed by atoms with van der Waals surface area (Å²) in [6, 6.07) is 0. The number of hydrogen-bond donors (Lipinski definition) is 1. The first kappa shape index (κ1) is 11.9. The molecule has 1 saturated carbocycles. The highest BCUT2D eigenvalue weighted by Gasteiger charge is 2.29. The predicted molar refractivity (Wildman–Crippen MR) is 58.1 cm³/mol. The monoisotopic (exact) mass is 228 g/mol. The maximum Gasteiger partial charge on any atom is 0.306 e. The molecule has 0 aromatic heterocycles. The van der Waals surface area contributed by atoms with Gasteiger partial charge in [0.1, 0.15) is 0 Å². The van der Waals surface area contributed by atoms with Crippen molar-refractivity contribution < 1.29 is 19.4 Å². The standard InChI is InChI=1S/C12H20O4/c13-12(14)9-4-3-5-10(8-9)16-11-6-1-2-7-15-11/h9-11H,1-8H2,(H,13,14)/t9-,10+,11?/m1/s1. The molecule has 2 rings (SSSR count). The molecule has 0 radical (unpaired) electrons. The van der Waals surface area contributed by atoms with Gasteiger partial charge in [0, 0.05) is 6.61 Å². The zero-order valence-electron chi connectivity index (χ0n) is 9.56.